The molecule has 0 unspecified atom stereocenters. The maximum Gasteiger partial charge on any atom is 0.0608 e. The summed E-state index contributed by atoms with van der Waals surface area (Å²) in [4.78, 5) is 5.12. The Labute approximate surface area is 186 Å². The molecule has 1 aliphatic carbocycles. The van der Waals surface area contributed by atoms with E-state index in [0.29, 0.717) is 0 Å². The van der Waals surface area contributed by atoms with Crippen LogP contribution in [-0.2, 0) is 25.5 Å². The molecule has 0 fully saturated rings. The summed E-state index contributed by atoms with van der Waals surface area (Å²) in [5.74, 6) is 0. The number of nitrogens with zero attached hydrogens (tertiary/aromatic N) is 1. The van der Waals surface area contributed by atoms with Gasteiger partial charge in [0.15, 0.2) is 0 Å². The van der Waals surface area contributed by atoms with Gasteiger partial charge in [0.25, 0.3) is 0 Å². The van der Waals surface area contributed by atoms with Crippen LogP contribution in [0.25, 0.3) is 44.4 Å². The van der Waals surface area contributed by atoms with Crippen LogP contribution in [0.2, 0.25) is 0 Å². The summed E-state index contributed by atoms with van der Waals surface area (Å²) in [7, 11) is 0. The van der Waals surface area contributed by atoms with E-state index in [1.165, 1.54) is 44.3 Å². The Morgan fingerprint density at radius 2 is 1.55 bits per heavy atom. The predicted octanol–water partition coefficient (Wildman–Crippen LogP) is 7.26. The predicted molar refractivity (Wildman–Crippen MR) is 119 cm³/mol. The van der Waals surface area contributed by atoms with Crippen molar-refractivity contribution in [2.45, 2.75) is 40.0 Å². The van der Waals surface area contributed by atoms with Gasteiger partial charge in [-0.1, -0.05) is 56.7 Å². The average molecular weight is 555 g/mol. The molecule has 29 heavy (non-hydrogen) atoms. The summed E-state index contributed by atoms with van der Waals surface area (Å²) in [5, 5.41) is 1.30. The molecule has 0 N–H and O–H groups in total. The Balaban J connectivity index is 0.00000205. The zero-order chi connectivity index (χ0) is 19.6. The third kappa shape index (κ3) is 2.98. The van der Waals surface area contributed by atoms with Gasteiger partial charge in [-0.05, 0) is 58.8 Å². The molecular weight excluding hydrogens is 531 g/mol. The quantitative estimate of drug-likeness (QED) is 0.199. The summed E-state index contributed by atoms with van der Waals surface area (Å²) in [6.07, 6.45) is 0. The van der Waals surface area contributed by atoms with Crippen LogP contribution in [0.4, 0.5) is 0 Å². The molecule has 0 bridgehead atoms. The summed E-state index contributed by atoms with van der Waals surface area (Å²) >= 11 is 0. The van der Waals surface area contributed by atoms with E-state index in [9.17, 15) is 0 Å². The number of aryl methyl sites for hydroxylation is 1. The van der Waals surface area contributed by atoms with Crippen LogP contribution >= 0.6 is 0 Å². The summed E-state index contributed by atoms with van der Waals surface area (Å²) in [6.45, 7) is 11.2. The number of benzene rings is 3. The zero-order valence-corrected chi connectivity index (χ0v) is 19.9. The Kier molecular flexibility index (Phi) is 4.76. The first kappa shape index (κ1) is 20.0. The van der Waals surface area contributed by atoms with Gasteiger partial charge in [-0.15, -0.1) is 35.4 Å². The normalized spacial score (nSPS) is 12.0. The molecule has 1 nitrogen and oxygen atoms in total. The largest absolute Gasteiger partial charge is 0.296 e. The van der Waals surface area contributed by atoms with E-state index in [1.807, 2.05) is 6.07 Å². The van der Waals surface area contributed by atoms with Crippen molar-refractivity contribution in [1.82, 2.24) is 4.98 Å². The first-order valence-corrected chi connectivity index (χ1v) is 9.92. The smallest absolute Gasteiger partial charge is 0.0608 e. The summed E-state index contributed by atoms with van der Waals surface area (Å²) in [5.41, 5.74) is 12.5. The second kappa shape index (κ2) is 6.90. The molecule has 0 saturated heterocycles. The fraction of sp³-hybridized carbons (Fsp3) is 0.222. The Bertz CT molecular complexity index is 1260. The van der Waals surface area contributed by atoms with E-state index in [4.69, 9.17) is 4.98 Å². The van der Waals surface area contributed by atoms with Crippen molar-refractivity contribution in [2.24, 2.45) is 0 Å². The van der Waals surface area contributed by atoms with Crippen LogP contribution in [-0.4, -0.2) is 4.98 Å². The maximum absolute atomic E-state index is 5.12. The minimum absolute atomic E-state index is 0. The summed E-state index contributed by atoms with van der Waals surface area (Å²) < 4.78 is 0. The number of fused-ring (bicyclic) bond motifs is 3. The molecule has 0 saturated carbocycles. The van der Waals surface area contributed by atoms with Crippen molar-refractivity contribution in [2.75, 3.05) is 0 Å². The van der Waals surface area contributed by atoms with E-state index in [-0.39, 0.29) is 25.5 Å². The average Bonchev–Trinajstić information content (AvgIpc) is 3.03. The van der Waals surface area contributed by atoms with E-state index >= 15 is 0 Å². The van der Waals surface area contributed by atoms with Gasteiger partial charge >= 0.3 is 0 Å². The minimum atomic E-state index is 0. The van der Waals surface area contributed by atoms with Crippen LogP contribution in [0.1, 0.15) is 37.5 Å². The standard InChI is InChI=1S/C27H24N.Ir/c1-16-13-14-22-25-23(16)20-11-6-7-12-21(20)24(25)17(2)26(28-22)18-9-8-10-19(15-18)27(3,4)5;/h6-8,10-15H,1-5H3;/q-1;. The molecule has 0 amide bonds. The van der Waals surface area contributed by atoms with Crippen LogP contribution in [0.3, 0.4) is 0 Å². The summed E-state index contributed by atoms with van der Waals surface area (Å²) in [6, 6.07) is 23.0. The fourth-order valence-electron chi connectivity index (χ4n) is 4.49. The van der Waals surface area contributed by atoms with Gasteiger partial charge in [-0.3, -0.25) is 4.98 Å². The second-order valence-corrected chi connectivity index (χ2v) is 8.90. The number of pyridine rings is 1. The Hall–Kier alpha value is -2.28. The van der Waals surface area contributed by atoms with Crippen molar-refractivity contribution in [3.63, 3.8) is 0 Å². The molecule has 2 heteroatoms. The zero-order valence-electron chi connectivity index (χ0n) is 17.5. The molecule has 0 aliphatic heterocycles. The van der Waals surface area contributed by atoms with Crippen molar-refractivity contribution in [3.8, 4) is 33.5 Å². The molecule has 4 aromatic rings. The third-order valence-electron chi connectivity index (χ3n) is 5.99. The van der Waals surface area contributed by atoms with Gasteiger partial charge in [-0.25, -0.2) is 0 Å². The van der Waals surface area contributed by atoms with Crippen LogP contribution in [0, 0.1) is 19.9 Å². The van der Waals surface area contributed by atoms with E-state index in [2.05, 4.69) is 89.2 Å². The molecule has 147 valence electrons. The van der Waals surface area contributed by atoms with Gasteiger partial charge in [0.05, 0.1) is 5.52 Å². The van der Waals surface area contributed by atoms with Crippen molar-refractivity contribution >= 4 is 10.9 Å². The third-order valence-corrected chi connectivity index (χ3v) is 5.99. The first-order chi connectivity index (χ1) is 13.4. The molecule has 1 aliphatic rings. The SMILES string of the molecule is Cc1ccc2nc(-c3[c-]ccc(C(C)(C)C)c3)c(C)c3c2c1-c1ccccc1-3.[Ir]. The van der Waals surface area contributed by atoms with Crippen molar-refractivity contribution < 1.29 is 20.1 Å². The molecule has 0 spiro atoms. The number of rotatable bonds is 1. The molecule has 1 radical (unpaired) electrons. The van der Waals surface area contributed by atoms with Crippen LogP contribution in [0.5, 0.6) is 0 Å². The van der Waals surface area contributed by atoms with E-state index in [0.717, 1.165) is 16.8 Å². The van der Waals surface area contributed by atoms with Crippen molar-refractivity contribution in [3.05, 3.63) is 77.4 Å². The monoisotopic (exact) mass is 555 g/mol. The van der Waals surface area contributed by atoms with Gasteiger partial charge < -0.3 is 0 Å². The molecule has 0 atom stereocenters. The molecule has 1 aromatic heterocycles. The van der Waals surface area contributed by atoms with Crippen LogP contribution < -0.4 is 0 Å². The van der Waals surface area contributed by atoms with Gasteiger partial charge in [0.2, 0.25) is 0 Å². The second-order valence-electron chi connectivity index (χ2n) is 8.90. The molecule has 1 heterocycles. The van der Waals surface area contributed by atoms with Crippen molar-refractivity contribution in [1.29, 1.82) is 0 Å². The van der Waals surface area contributed by atoms with Gasteiger partial charge in [-0.2, -0.15) is 0 Å². The van der Waals surface area contributed by atoms with Gasteiger partial charge in [0.1, 0.15) is 0 Å². The maximum atomic E-state index is 5.12. The van der Waals surface area contributed by atoms with Gasteiger partial charge in [0, 0.05) is 25.5 Å². The van der Waals surface area contributed by atoms with Crippen LogP contribution in [0.15, 0.2) is 54.6 Å². The van der Waals surface area contributed by atoms with E-state index in [1.54, 1.807) is 0 Å². The number of hydrogen-bond acceptors (Lipinski definition) is 1. The number of hydrogen-bond donors (Lipinski definition) is 0. The Morgan fingerprint density at radius 1 is 0.862 bits per heavy atom. The first-order valence-electron chi connectivity index (χ1n) is 9.92. The topological polar surface area (TPSA) is 12.9 Å². The Morgan fingerprint density at radius 3 is 2.24 bits per heavy atom. The molecule has 3 aromatic carbocycles. The number of aromatic nitrogens is 1. The molecule has 5 rings (SSSR count). The van der Waals surface area contributed by atoms with E-state index < -0.39 is 0 Å². The minimum Gasteiger partial charge on any atom is -0.296 e. The molecular formula is C27H24IrN-. The fourth-order valence-corrected chi connectivity index (χ4v) is 4.49.